The normalized spacial score (nSPS) is 21.0. The zero-order valence-corrected chi connectivity index (χ0v) is 16.3. The van der Waals surface area contributed by atoms with Crippen molar-refractivity contribution >= 4 is 43.1 Å². The highest BCUT2D eigenvalue weighted by Gasteiger charge is 2.30. The molecule has 0 bridgehead atoms. The topological polar surface area (TPSA) is 92.3 Å². The van der Waals surface area contributed by atoms with Gasteiger partial charge in [0.2, 0.25) is 5.91 Å². The fraction of sp³-hybridized carbons (Fsp3) is 0.588. The molecule has 2 aromatic rings. The van der Waals surface area contributed by atoms with Gasteiger partial charge < -0.3 is 10.2 Å². The molecule has 7 nitrogen and oxygen atoms in total. The molecule has 2 aliphatic rings. The van der Waals surface area contributed by atoms with Crippen molar-refractivity contribution < 1.29 is 13.2 Å². The molecule has 4 rings (SSSR count). The number of amides is 1. The van der Waals surface area contributed by atoms with E-state index >= 15 is 0 Å². The zero-order valence-electron chi connectivity index (χ0n) is 14.7. The largest absolute Gasteiger partial charge is 0.351 e. The first kappa shape index (κ1) is 17.7. The molecule has 0 saturated carbocycles. The molecule has 1 N–H and O–H groups in total. The van der Waals surface area contributed by atoms with Gasteiger partial charge in [0.1, 0.15) is 17.0 Å². The van der Waals surface area contributed by atoms with Gasteiger partial charge in [-0.25, -0.2) is 18.4 Å². The van der Waals surface area contributed by atoms with E-state index in [1.54, 1.807) is 17.7 Å². The van der Waals surface area contributed by atoms with Gasteiger partial charge in [-0.3, -0.25) is 4.79 Å². The van der Waals surface area contributed by atoms with Crippen LogP contribution >= 0.6 is 11.3 Å². The van der Waals surface area contributed by atoms with Gasteiger partial charge in [0, 0.05) is 17.5 Å². The van der Waals surface area contributed by atoms with E-state index in [1.165, 1.54) is 10.4 Å². The van der Waals surface area contributed by atoms with E-state index in [9.17, 15) is 13.2 Å². The predicted molar refractivity (Wildman–Crippen MR) is 103 cm³/mol. The van der Waals surface area contributed by atoms with Crippen LogP contribution in [-0.4, -0.2) is 54.9 Å². The molecule has 0 aromatic carbocycles. The summed E-state index contributed by atoms with van der Waals surface area (Å²) in [6, 6.07) is -0.276. The van der Waals surface area contributed by atoms with Gasteiger partial charge >= 0.3 is 0 Å². The maximum Gasteiger partial charge on any atom is 0.239 e. The summed E-state index contributed by atoms with van der Waals surface area (Å²) in [6.07, 6.45) is 5.36. The van der Waals surface area contributed by atoms with E-state index in [0.717, 1.165) is 35.3 Å². The minimum Gasteiger partial charge on any atom is -0.351 e. The first-order valence-electron chi connectivity index (χ1n) is 8.97. The van der Waals surface area contributed by atoms with Crippen LogP contribution in [0.3, 0.4) is 0 Å². The smallest absolute Gasteiger partial charge is 0.239 e. The number of likely N-dealkylation sites (N-methyl/N-ethyl adjacent to an activating group) is 1. The number of fused-ring (bicyclic) bond motifs is 3. The predicted octanol–water partition coefficient (Wildman–Crippen LogP) is 1.31. The van der Waals surface area contributed by atoms with E-state index in [4.69, 9.17) is 0 Å². The fourth-order valence-corrected chi connectivity index (χ4v) is 6.74. The van der Waals surface area contributed by atoms with Crippen molar-refractivity contribution in [1.29, 1.82) is 0 Å². The molecule has 2 aromatic heterocycles. The van der Waals surface area contributed by atoms with Gasteiger partial charge in [0.15, 0.2) is 9.84 Å². The number of aromatic nitrogens is 2. The van der Waals surface area contributed by atoms with Crippen LogP contribution in [0.25, 0.3) is 10.2 Å². The van der Waals surface area contributed by atoms with Crippen molar-refractivity contribution in [2.24, 2.45) is 0 Å². The summed E-state index contributed by atoms with van der Waals surface area (Å²) in [5.41, 5.74) is 1.33. The molecule has 1 unspecified atom stereocenters. The molecule has 1 amide bonds. The van der Waals surface area contributed by atoms with Crippen molar-refractivity contribution in [2.45, 2.75) is 38.6 Å². The third kappa shape index (κ3) is 3.29. The van der Waals surface area contributed by atoms with Crippen LogP contribution in [0.5, 0.6) is 0 Å². The number of thiophene rings is 1. The maximum absolute atomic E-state index is 12.5. The number of carbonyl (C=O) groups is 1. The average Bonchev–Trinajstić information content (AvgIpc) is 3.26. The van der Waals surface area contributed by atoms with Gasteiger partial charge in [0.25, 0.3) is 0 Å². The second kappa shape index (κ2) is 6.77. The Morgan fingerprint density at radius 3 is 2.96 bits per heavy atom. The Balaban J connectivity index is 1.54. The summed E-state index contributed by atoms with van der Waals surface area (Å²) in [5, 5.41) is 3.95. The number of nitrogens with one attached hydrogen (secondary N) is 1. The Labute approximate surface area is 156 Å². The summed E-state index contributed by atoms with van der Waals surface area (Å²) < 4.78 is 23.1. The molecule has 1 fully saturated rings. The Morgan fingerprint density at radius 1 is 1.38 bits per heavy atom. The lowest BCUT2D eigenvalue weighted by molar-refractivity contribution is -0.120. The number of hydrogen-bond acceptors (Lipinski definition) is 7. The Bertz CT molecular complexity index is 954. The monoisotopic (exact) mass is 394 g/mol. The lowest BCUT2D eigenvalue weighted by Crippen LogP contribution is -2.43. The zero-order chi connectivity index (χ0) is 18.3. The number of carbonyl (C=O) groups excluding carboxylic acids is 1. The quantitative estimate of drug-likeness (QED) is 0.822. The highest BCUT2D eigenvalue weighted by molar-refractivity contribution is 7.91. The maximum atomic E-state index is 12.5. The molecular formula is C17H22N4O3S2. The van der Waals surface area contributed by atoms with Crippen molar-refractivity contribution in [1.82, 2.24) is 15.3 Å². The van der Waals surface area contributed by atoms with Crippen LogP contribution in [0.1, 0.15) is 30.2 Å². The highest BCUT2D eigenvalue weighted by Crippen LogP contribution is 2.40. The second-order valence-electron chi connectivity index (χ2n) is 6.92. The number of sulfone groups is 1. The Kier molecular flexibility index (Phi) is 4.60. The second-order valence-corrected chi connectivity index (χ2v) is 10.2. The molecule has 1 aliphatic carbocycles. The molecule has 1 aliphatic heterocycles. The van der Waals surface area contributed by atoms with E-state index in [1.807, 2.05) is 11.8 Å². The molecule has 0 spiro atoms. The average molecular weight is 395 g/mol. The van der Waals surface area contributed by atoms with Crippen molar-refractivity contribution in [2.75, 3.05) is 29.5 Å². The number of hydrogen-bond donors (Lipinski definition) is 1. The summed E-state index contributed by atoms with van der Waals surface area (Å²) in [4.78, 5) is 25.7. The molecule has 26 heavy (non-hydrogen) atoms. The van der Waals surface area contributed by atoms with Crippen LogP contribution in [0.2, 0.25) is 0 Å². The van der Waals surface area contributed by atoms with Gasteiger partial charge in [-0.05, 0) is 38.2 Å². The van der Waals surface area contributed by atoms with Gasteiger partial charge in [-0.2, -0.15) is 0 Å². The lowest BCUT2D eigenvalue weighted by atomic mass is 10.2. The SMILES string of the molecule is CCN(CC(=O)NC1CCS(=O)(=O)C1)c1ncnc2sc3c(c12)CCC3. The molecular weight excluding hydrogens is 372 g/mol. The van der Waals surface area contributed by atoms with E-state index < -0.39 is 9.84 Å². The first-order chi connectivity index (χ1) is 12.5. The van der Waals surface area contributed by atoms with Crippen LogP contribution in [0.4, 0.5) is 5.82 Å². The molecule has 9 heteroatoms. The molecule has 140 valence electrons. The van der Waals surface area contributed by atoms with Crippen molar-refractivity contribution in [3.8, 4) is 0 Å². The summed E-state index contributed by atoms with van der Waals surface area (Å²) in [6.45, 7) is 2.81. The van der Waals surface area contributed by atoms with Crippen molar-refractivity contribution in [3.63, 3.8) is 0 Å². The first-order valence-corrected chi connectivity index (χ1v) is 11.6. The Morgan fingerprint density at radius 2 is 2.23 bits per heavy atom. The third-order valence-corrected chi connectivity index (χ3v) is 8.06. The van der Waals surface area contributed by atoms with E-state index in [-0.39, 0.29) is 30.0 Å². The number of anilines is 1. The molecule has 1 saturated heterocycles. The van der Waals surface area contributed by atoms with Crippen LogP contribution in [-0.2, 0) is 27.5 Å². The van der Waals surface area contributed by atoms with Gasteiger partial charge in [0.05, 0.1) is 23.4 Å². The standard InChI is InChI=1S/C17H22N4O3S2/c1-2-21(8-14(22)20-11-6-7-26(23,24)9-11)16-15-12-4-3-5-13(12)25-17(15)19-10-18-16/h10-11H,2-9H2,1H3,(H,20,22). The highest BCUT2D eigenvalue weighted by atomic mass is 32.2. The van der Waals surface area contributed by atoms with Crippen molar-refractivity contribution in [3.05, 3.63) is 16.8 Å². The van der Waals surface area contributed by atoms with E-state index in [0.29, 0.717) is 13.0 Å². The minimum absolute atomic E-state index is 0.0423. The van der Waals surface area contributed by atoms with Gasteiger partial charge in [-0.1, -0.05) is 0 Å². The fourth-order valence-electron chi connectivity index (χ4n) is 3.84. The summed E-state index contributed by atoms with van der Waals surface area (Å²) in [5.74, 6) is 0.850. The van der Waals surface area contributed by atoms with E-state index in [2.05, 4.69) is 15.3 Å². The molecule has 1 atom stereocenters. The summed E-state index contributed by atoms with van der Waals surface area (Å²) in [7, 11) is -3.00. The Hall–Kier alpha value is -1.74. The van der Waals surface area contributed by atoms with Crippen LogP contribution in [0, 0.1) is 0 Å². The number of nitrogens with zero attached hydrogens (tertiary/aromatic N) is 3. The number of aryl methyl sites for hydroxylation is 2. The third-order valence-electron chi connectivity index (χ3n) is 5.09. The summed E-state index contributed by atoms with van der Waals surface area (Å²) >= 11 is 1.73. The lowest BCUT2D eigenvalue weighted by Gasteiger charge is -2.23. The van der Waals surface area contributed by atoms with Gasteiger partial charge in [-0.15, -0.1) is 11.3 Å². The van der Waals surface area contributed by atoms with Crippen LogP contribution in [0.15, 0.2) is 6.33 Å². The minimum atomic E-state index is -3.00. The molecule has 0 radical (unpaired) electrons. The molecule has 3 heterocycles. The van der Waals surface area contributed by atoms with Crippen LogP contribution < -0.4 is 10.2 Å². The number of rotatable bonds is 5.